The number of hydrogen-bond donors (Lipinski definition) is 1. The Morgan fingerprint density at radius 1 is 1.22 bits per heavy atom. The maximum Gasteiger partial charge on any atom is 0.0729 e. The maximum atomic E-state index is 10.2. The van der Waals surface area contributed by atoms with Crippen LogP contribution in [0.4, 0.5) is 0 Å². The van der Waals surface area contributed by atoms with Crippen molar-refractivity contribution in [1.82, 2.24) is 4.90 Å². The van der Waals surface area contributed by atoms with Gasteiger partial charge >= 0.3 is 0 Å². The second-order valence-corrected chi connectivity index (χ2v) is 6.02. The highest BCUT2D eigenvalue weighted by molar-refractivity contribution is 6.18. The largest absolute Gasteiger partial charge is 0.389 e. The molecule has 0 aliphatic carbocycles. The quantitative estimate of drug-likeness (QED) is 0.422. The molecule has 18 heavy (non-hydrogen) atoms. The highest BCUT2D eigenvalue weighted by atomic mass is 35.5. The van der Waals surface area contributed by atoms with Crippen molar-refractivity contribution >= 4 is 23.2 Å². The molecule has 0 radical (unpaired) electrons. The normalized spacial score (nSPS) is 13.9. The summed E-state index contributed by atoms with van der Waals surface area (Å²) in [4.78, 5) is 1.90. The highest BCUT2D eigenvalue weighted by Crippen LogP contribution is 2.19. The fourth-order valence-electron chi connectivity index (χ4n) is 1.46. The summed E-state index contributed by atoms with van der Waals surface area (Å²) in [5.74, 6) is 4.71. The van der Waals surface area contributed by atoms with Gasteiger partial charge in [-0.3, -0.25) is 0 Å². The average molecular weight is 294 g/mol. The second-order valence-electron chi connectivity index (χ2n) is 5.26. The molecule has 0 fully saturated rings. The third-order valence-corrected chi connectivity index (χ3v) is 3.01. The van der Waals surface area contributed by atoms with Gasteiger partial charge < -0.3 is 10.0 Å². The molecule has 0 aliphatic heterocycles. The lowest BCUT2D eigenvalue weighted by atomic mass is 9.93. The predicted octanol–water partition coefficient (Wildman–Crippen LogP) is 3.30. The van der Waals surface area contributed by atoms with Crippen LogP contribution in [0.25, 0.3) is 0 Å². The molecule has 0 rings (SSSR count). The lowest BCUT2D eigenvalue weighted by Crippen LogP contribution is -2.25. The Labute approximate surface area is 122 Å². The fourth-order valence-corrected chi connectivity index (χ4v) is 1.87. The number of nitrogens with zero attached hydrogens (tertiary/aromatic N) is 1. The molecule has 1 N–H and O–H groups in total. The molecule has 0 aromatic rings. The molecule has 0 aromatic carbocycles. The van der Waals surface area contributed by atoms with E-state index in [4.69, 9.17) is 23.2 Å². The van der Waals surface area contributed by atoms with Crippen LogP contribution >= 0.6 is 23.2 Å². The minimum atomic E-state index is -0.704. The van der Waals surface area contributed by atoms with Crippen LogP contribution in [0.1, 0.15) is 40.0 Å². The molecule has 1 unspecified atom stereocenters. The summed E-state index contributed by atoms with van der Waals surface area (Å²) in [6.07, 6.45) is 2.28. The van der Waals surface area contributed by atoms with Gasteiger partial charge in [-0.1, -0.05) is 19.8 Å². The Morgan fingerprint density at radius 3 is 2.22 bits per heavy atom. The van der Waals surface area contributed by atoms with Crippen molar-refractivity contribution in [2.75, 3.05) is 24.8 Å². The van der Waals surface area contributed by atoms with E-state index in [0.717, 1.165) is 12.8 Å². The van der Waals surface area contributed by atoms with Gasteiger partial charge in [0.1, 0.15) is 0 Å². The van der Waals surface area contributed by atoms with Gasteiger partial charge in [0.05, 0.1) is 5.60 Å². The van der Waals surface area contributed by atoms with Crippen molar-refractivity contribution < 1.29 is 5.11 Å². The van der Waals surface area contributed by atoms with Crippen LogP contribution in [0, 0.1) is 17.9 Å². The molecule has 1 atom stereocenters. The van der Waals surface area contributed by atoms with E-state index in [1.165, 1.54) is 0 Å². The Hall–Kier alpha value is -0.100. The SMILES string of the molecule is CC(C)CCC(C)(O)CC#CN(CCCl)CCCl. The van der Waals surface area contributed by atoms with Crippen LogP contribution in [-0.4, -0.2) is 40.5 Å². The van der Waals surface area contributed by atoms with Gasteiger partial charge in [0.2, 0.25) is 0 Å². The van der Waals surface area contributed by atoms with E-state index in [2.05, 4.69) is 25.8 Å². The first-order chi connectivity index (χ1) is 8.41. The van der Waals surface area contributed by atoms with Crippen LogP contribution in [0.2, 0.25) is 0 Å². The summed E-state index contributed by atoms with van der Waals surface area (Å²) in [7, 11) is 0. The standard InChI is InChI=1S/C14H25Cl2NO/c1-13(2)5-7-14(3,18)6-4-10-17(11-8-15)12-9-16/h13,18H,5-9,11-12H2,1-3H3. The van der Waals surface area contributed by atoms with Gasteiger partial charge in [0.25, 0.3) is 0 Å². The molecule has 0 saturated carbocycles. The molecule has 0 amide bonds. The third kappa shape index (κ3) is 9.88. The van der Waals surface area contributed by atoms with E-state index >= 15 is 0 Å². The zero-order chi connectivity index (χ0) is 14.0. The van der Waals surface area contributed by atoms with Crippen LogP contribution in [0.5, 0.6) is 0 Å². The number of halogens is 2. The van der Waals surface area contributed by atoms with Crippen molar-refractivity contribution in [3.05, 3.63) is 0 Å². The van der Waals surface area contributed by atoms with Gasteiger partial charge in [-0.05, 0) is 25.7 Å². The van der Waals surface area contributed by atoms with Crippen molar-refractivity contribution in [3.8, 4) is 12.0 Å². The average Bonchev–Trinajstić information content (AvgIpc) is 2.27. The molecule has 2 nitrogen and oxygen atoms in total. The summed E-state index contributed by atoms with van der Waals surface area (Å²) in [5, 5.41) is 10.2. The van der Waals surface area contributed by atoms with Crippen LogP contribution in [0.3, 0.4) is 0 Å². The summed E-state index contributed by atoms with van der Waals surface area (Å²) < 4.78 is 0. The van der Waals surface area contributed by atoms with Gasteiger partial charge in [-0.15, -0.1) is 23.2 Å². The summed E-state index contributed by atoms with van der Waals surface area (Å²) in [6, 6.07) is 3.02. The van der Waals surface area contributed by atoms with Gasteiger partial charge in [0, 0.05) is 37.3 Å². The van der Waals surface area contributed by atoms with E-state index in [9.17, 15) is 5.11 Å². The molecule has 106 valence electrons. The molecule has 0 saturated heterocycles. The number of alkyl halides is 2. The summed E-state index contributed by atoms with van der Waals surface area (Å²) in [5.41, 5.74) is -0.704. The van der Waals surface area contributed by atoms with Crippen molar-refractivity contribution in [2.24, 2.45) is 5.92 Å². The molecule has 4 heteroatoms. The third-order valence-electron chi connectivity index (χ3n) is 2.68. The van der Waals surface area contributed by atoms with E-state index in [1.807, 2.05) is 11.8 Å². The smallest absolute Gasteiger partial charge is 0.0729 e. The minimum absolute atomic E-state index is 0.487. The second kappa shape index (κ2) is 9.78. The molecule has 0 bridgehead atoms. The lowest BCUT2D eigenvalue weighted by Gasteiger charge is -2.21. The zero-order valence-corrected chi connectivity index (χ0v) is 13.2. The highest BCUT2D eigenvalue weighted by Gasteiger charge is 2.19. The van der Waals surface area contributed by atoms with Gasteiger partial charge in [-0.25, -0.2) is 0 Å². The van der Waals surface area contributed by atoms with Crippen LogP contribution < -0.4 is 0 Å². The summed E-state index contributed by atoms with van der Waals surface area (Å²) in [6.45, 7) is 7.57. The Balaban J connectivity index is 4.17. The van der Waals surface area contributed by atoms with E-state index in [0.29, 0.717) is 37.2 Å². The first kappa shape index (κ1) is 17.9. The molecule has 0 aliphatic rings. The number of hydrogen-bond acceptors (Lipinski definition) is 2. The fraction of sp³-hybridized carbons (Fsp3) is 0.857. The first-order valence-corrected chi connectivity index (χ1v) is 7.56. The van der Waals surface area contributed by atoms with E-state index < -0.39 is 5.60 Å². The molecular formula is C14H25Cl2NO. The van der Waals surface area contributed by atoms with Crippen LogP contribution in [-0.2, 0) is 0 Å². The topological polar surface area (TPSA) is 23.5 Å². The Bertz CT molecular complexity index is 263. The van der Waals surface area contributed by atoms with E-state index in [-0.39, 0.29) is 0 Å². The van der Waals surface area contributed by atoms with Crippen LogP contribution in [0.15, 0.2) is 0 Å². The Morgan fingerprint density at radius 2 is 1.78 bits per heavy atom. The van der Waals surface area contributed by atoms with Gasteiger partial charge in [0.15, 0.2) is 0 Å². The first-order valence-electron chi connectivity index (χ1n) is 6.49. The summed E-state index contributed by atoms with van der Waals surface area (Å²) >= 11 is 11.4. The van der Waals surface area contributed by atoms with E-state index in [1.54, 1.807) is 0 Å². The van der Waals surface area contributed by atoms with Gasteiger partial charge in [-0.2, -0.15) is 0 Å². The zero-order valence-electron chi connectivity index (χ0n) is 11.7. The maximum absolute atomic E-state index is 10.2. The number of rotatable bonds is 8. The predicted molar refractivity (Wildman–Crippen MR) is 80.1 cm³/mol. The molecule has 0 heterocycles. The molecule has 0 aromatic heterocycles. The molecule has 0 spiro atoms. The number of aliphatic hydroxyl groups is 1. The monoisotopic (exact) mass is 293 g/mol. The van der Waals surface area contributed by atoms with Crippen molar-refractivity contribution in [2.45, 2.75) is 45.6 Å². The van der Waals surface area contributed by atoms with Crippen molar-refractivity contribution in [1.29, 1.82) is 0 Å². The minimum Gasteiger partial charge on any atom is -0.389 e. The van der Waals surface area contributed by atoms with Crippen molar-refractivity contribution in [3.63, 3.8) is 0 Å². The Kier molecular flexibility index (Phi) is 9.73. The molecular weight excluding hydrogens is 269 g/mol. The lowest BCUT2D eigenvalue weighted by molar-refractivity contribution is 0.0505.